The summed E-state index contributed by atoms with van der Waals surface area (Å²) in [6.07, 6.45) is 0. The van der Waals surface area contributed by atoms with Gasteiger partial charge in [0.2, 0.25) is 5.75 Å². The zero-order chi connectivity index (χ0) is 13.5. The molecule has 1 aromatic carbocycles. The molecule has 0 aliphatic carbocycles. The van der Waals surface area contributed by atoms with Gasteiger partial charge in [-0.3, -0.25) is 10.1 Å². The molecule has 6 nitrogen and oxygen atoms in total. The quantitative estimate of drug-likeness (QED) is 0.457. The van der Waals surface area contributed by atoms with E-state index in [9.17, 15) is 10.1 Å². The third-order valence-corrected chi connectivity index (χ3v) is 2.27. The number of methoxy groups -OCH3 is 1. The van der Waals surface area contributed by atoms with Crippen LogP contribution in [-0.2, 0) is 0 Å². The fourth-order valence-electron chi connectivity index (χ4n) is 1.42. The van der Waals surface area contributed by atoms with E-state index in [0.29, 0.717) is 18.4 Å². The summed E-state index contributed by atoms with van der Waals surface area (Å²) in [7, 11) is 1.40. The summed E-state index contributed by atoms with van der Waals surface area (Å²) in [6, 6.07) is 4.87. The Morgan fingerprint density at radius 1 is 1.44 bits per heavy atom. The lowest BCUT2D eigenvalue weighted by molar-refractivity contribution is -0.385. The van der Waals surface area contributed by atoms with E-state index in [4.69, 9.17) is 9.47 Å². The number of nitrogens with one attached hydrogen (secondary N) is 1. The fraction of sp³-hybridized carbons (Fsp3) is 0.500. The monoisotopic (exact) mass is 254 g/mol. The van der Waals surface area contributed by atoms with Crippen molar-refractivity contribution in [2.75, 3.05) is 20.3 Å². The highest BCUT2D eigenvalue weighted by Crippen LogP contribution is 2.30. The predicted octanol–water partition coefficient (Wildman–Crippen LogP) is 1.98. The van der Waals surface area contributed by atoms with Crippen molar-refractivity contribution in [1.29, 1.82) is 0 Å². The Bertz CT molecular complexity index is 407. The molecule has 1 N–H and O–H groups in total. The second kappa shape index (κ2) is 6.80. The third-order valence-electron chi connectivity index (χ3n) is 2.27. The van der Waals surface area contributed by atoms with Crippen LogP contribution in [0.1, 0.15) is 13.8 Å². The Morgan fingerprint density at radius 3 is 2.72 bits per heavy atom. The standard InChI is InChI=1S/C12H18N2O4/c1-9(2)13-6-7-18-10-4-5-11(14(15)16)12(8-10)17-3/h4-5,8-9,13H,6-7H2,1-3H3. The Morgan fingerprint density at radius 2 is 2.17 bits per heavy atom. The van der Waals surface area contributed by atoms with E-state index in [1.807, 2.05) is 0 Å². The SMILES string of the molecule is COc1cc(OCCNC(C)C)ccc1[N+](=O)[O-]. The molecule has 0 amide bonds. The minimum Gasteiger partial charge on any atom is -0.492 e. The van der Waals surface area contributed by atoms with Crippen LogP contribution in [0.4, 0.5) is 5.69 Å². The highest BCUT2D eigenvalue weighted by Gasteiger charge is 2.14. The molecule has 0 atom stereocenters. The van der Waals surface area contributed by atoms with Crippen LogP contribution < -0.4 is 14.8 Å². The molecule has 0 heterocycles. The van der Waals surface area contributed by atoms with Crippen LogP contribution in [0.2, 0.25) is 0 Å². The zero-order valence-corrected chi connectivity index (χ0v) is 10.8. The molecular weight excluding hydrogens is 236 g/mol. The van der Waals surface area contributed by atoms with Gasteiger partial charge in [-0.25, -0.2) is 0 Å². The minimum absolute atomic E-state index is 0.0647. The molecule has 0 aromatic heterocycles. The fourth-order valence-corrected chi connectivity index (χ4v) is 1.42. The highest BCUT2D eigenvalue weighted by atomic mass is 16.6. The Kier molecular flexibility index (Phi) is 5.38. The molecule has 6 heteroatoms. The normalized spacial score (nSPS) is 10.4. The van der Waals surface area contributed by atoms with Crippen molar-refractivity contribution in [3.63, 3.8) is 0 Å². The van der Waals surface area contributed by atoms with E-state index in [0.717, 1.165) is 6.54 Å². The van der Waals surface area contributed by atoms with Crippen LogP contribution in [0.5, 0.6) is 11.5 Å². The van der Waals surface area contributed by atoms with E-state index in [2.05, 4.69) is 19.2 Å². The molecule has 0 bridgehead atoms. The number of nitrogens with zero attached hydrogens (tertiary/aromatic N) is 1. The molecule has 0 radical (unpaired) electrons. The van der Waals surface area contributed by atoms with Crippen LogP contribution in [0, 0.1) is 10.1 Å². The minimum atomic E-state index is -0.483. The number of rotatable bonds is 7. The largest absolute Gasteiger partial charge is 0.492 e. The van der Waals surface area contributed by atoms with Gasteiger partial charge in [0.1, 0.15) is 12.4 Å². The van der Waals surface area contributed by atoms with Crippen molar-refractivity contribution >= 4 is 5.69 Å². The molecule has 0 saturated heterocycles. The molecule has 0 spiro atoms. The second-order valence-corrected chi connectivity index (χ2v) is 4.05. The maximum absolute atomic E-state index is 10.7. The Hall–Kier alpha value is -1.82. The van der Waals surface area contributed by atoms with Crippen LogP contribution in [0.3, 0.4) is 0 Å². The maximum atomic E-state index is 10.7. The molecule has 0 unspecified atom stereocenters. The van der Waals surface area contributed by atoms with Crippen molar-refractivity contribution in [1.82, 2.24) is 5.32 Å². The summed E-state index contributed by atoms with van der Waals surface area (Å²) >= 11 is 0. The van der Waals surface area contributed by atoms with Gasteiger partial charge in [-0.15, -0.1) is 0 Å². The van der Waals surface area contributed by atoms with E-state index in [-0.39, 0.29) is 11.4 Å². The summed E-state index contributed by atoms with van der Waals surface area (Å²) in [5, 5.41) is 13.9. The number of benzene rings is 1. The molecular formula is C12H18N2O4. The van der Waals surface area contributed by atoms with Crippen molar-refractivity contribution < 1.29 is 14.4 Å². The van der Waals surface area contributed by atoms with Gasteiger partial charge in [-0.2, -0.15) is 0 Å². The first-order valence-corrected chi connectivity index (χ1v) is 5.73. The van der Waals surface area contributed by atoms with Crippen molar-refractivity contribution in [3.05, 3.63) is 28.3 Å². The topological polar surface area (TPSA) is 73.6 Å². The highest BCUT2D eigenvalue weighted by molar-refractivity contribution is 5.50. The lowest BCUT2D eigenvalue weighted by Crippen LogP contribution is -2.27. The molecule has 100 valence electrons. The van der Waals surface area contributed by atoms with Crippen molar-refractivity contribution in [2.45, 2.75) is 19.9 Å². The smallest absolute Gasteiger partial charge is 0.311 e. The zero-order valence-electron chi connectivity index (χ0n) is 10.8. The molecule has 0 saturated carbocycles. The first-order chi connectivity index (χ1) is 8.54. The average Bonchev–Trinajstić information content (AvgIpc) is 2.33. The first-order valence-electron chi connectivity index (χ1n) is 5.73. The molecule has 0 aliphatic rings. The number of hydrogen-bond donors (Lipinski definition) is 1. The predicted molar refractivity (Wildman–Crippen MR) is 68.3 cm³/mol. The second-order valence-electron chi connectivity index (χ2n) is 4.05. The molecule has 0 aliphatic heterocycles. The lowest BCUT2D eigenvalue weighted by atomic mass is 10.3. The van der Waals surface area contributed by atoms with Gasteiger partial charge in [-0.1, -0.05) is 13.8 Å². The van der Waals surface area contributed by atoms with Crippen LogP contribution in [0.25, 0.3) is 0 Å². The van der Waals surface area contributed by atoms with E-state index >= 15 is 0 Å². The summed E-state index contributed by atoms with van der Waals surface area (Å²) in [5.74, 6) is 0.761. The van der Waals surface area contributed by atoms with Gasteiger partial charge in [0.25, 0.3) is 0 Å². The number of ether oxygens (including phenoxy) is 2. The van der Waals surface area contributed by atoms with Crippen molar-refractivity contribution in [2.24, 2.45) is 0 Å². The van der Waals surface area contributed by atoms with Crippen LogP contribution >= 0.6 is 0 Å². The summed E-state index contributed by atoms with van der Waals surface area (Å²) in [5.41, 5.74) is -0.0647. The summed E-state index contributed by atoms with van der Waals surface area (Å²) in [6.45, 7) is 5.32. The van der Waals surface area contributed by atoms with Gasteiger partial charge in [0, 0.05) is 24.7 Å². The van der Waals surface area contributed by atoms with Gasteiger partial charge >= 0.3 is 5.69 Å². The first kappa shape index (κ1) is 14.2. The van der Waals surface area contributed by atoms with E-state index in [1.54, 1.807) is 6.07 Å². The van der Waals surface area contributed by atoms with Crippen molar-refractivity contribution in [3.8, 4) is 11.5 Å². The Balaban J connectivity index is 2.60. The molecule has 1 rings (SSSR count). The maximum Gasteiger partial charge on any atom is 0.311 e. The number of nitro benzene ring substituents is 1. The summed E-state index contributed by atoms with van der Waals surface area (Å²) < 4.78 is 10.4. The number of nitro groups is 1. The molecule has 0 fully saturated rings. The third kappa shape index (κ3) is 4.21. The van der Waals surface area contributed by atoms with E-state index in [1.165, 1.54) is 19.2 Å². The van der Waals surface area contributed by atoms with Gasteiger partial charge in [0.05, 0.1) is 12.0 Å². The lowest BCUT2D eigenvalue weighted by Gasteiger charge is -2.10. The van der Waals surface area contributed by atoms with Crippen LogP contribution in [-0.4, -0.2) is 31.2 Å². The van der Waals surface area contributed by atoms with Gasteiger partial charge in [0.15, 0.2) is 0 Å². The van der Waals surface area contributed by atoms with Gasteiger partial charge in [-0.05, 0) is 6.07 Å². The molecule has 18 heavy (non-hydrogen) atoms. The number of hydrogen-bond acceptors (Lipinski definition) is 5. The average molecular weight is 254 g/mol. The molecule has 1 aromatic rings. The summed E-state index contributed by atoms with van der Waals surface area (Å²) in [4.78, 5) is 10.2. The van der Waals surface area contributed by atoms with Crippen LogP contribution in [0.15, 0.2) is 18.2 Å². The van der Waals surface area contributed by atoms with Gasteiger partial charge < -0.3 is 14.8 Å². The van der Waals surface area contributed by atoms with E-state index < -0.39 is 4.92 Å². The Labute approximate surface area is 106 Å².